The number of nitrogens with zero attached hydrogens (tertiary/aromatic N) is 4. The fourth-order valence-corrected chi connectivity index (χ4v) is 7.09. The van der Waals surface area contributed by atoms with E-state index < -0.39 is 0 Å². The summed E-state index contributed by atoms with van der Waals surface area (Å²) in [6, 6.07) is 28.1. The molecule has 0 spiro atoms. The number of ketones is 2. The predicted molar refractivity (Wildman–Crippen MR) is 223 cm³/mol. The molecule has 54 heavy (non-hydrogen) atoms. The topological polar surface area (TPSA) is 98.0 Å². The third-order valence-electron chi connectivity index (χ3n) is 10.3. The normalized spacial score (nSPS) is 14.8. The van der Waals surface area contributed by atoms with Gasteiger partial charge in [-0.1, -0.05) is 64.1 Å². The van der Waals surface area contributed by atoms with Crippen molar-refractivity contribution in [2.24, 2.45) is 0 Å². The Hall–Kier alpha value is -6.02. The molecule has 0 radical (unpaired) electrons. The molecule has 0 amide bonds. The lowest BCUT2D eigenvalue weighted by molar-refractivity contribution is 0.104. The summed E-state index contributed by atoms with van der Waals surface area (Å²) >= 11 is 0. The number of carbonyl (C=O) groups excluding carboxylic acids is 2. The smallest absolute Gasteiger partial charge is 0.188 e. The highest BCUT2D eigenvalue weighted by Gasteiger charge is 2.30. The van der Waals surface area contributed by atoms with Crippen LogP contribution in [0.1, 0.15) is 82.3 Å². The maximum Gasteiger partial charge on any atom is 0.188 e. The van der Waals surface area contributed by atoms with Gasteiger partial charge in [-0.2, -0.15) is 0 Å². The number of carbonyl (C=O) groups is 2. The molecule has 8 nitrogen and oxygen atoms in total. The lowest BCUT2D eigenvalue weighted by Gasteiger charge is -2.15. The molecule has 5 aromatic rings. The monoisotopic (exact) mass is 716 g/mol. The number of benzene rings is 2. The van der Waals surface area contributed by atoms with Crippen molar-refractivity contribution in [3.63, 3.8) is 0 Å². The summed E-state index contributed by atoms with van der Waals surface area (Å²) in [5, 5.41) is 0. The zero-order valence-corrected chi connectivity index (χ0v) is 32.4. The fraction of sp³-hybridized carbons (Fsp3) is 0.261. The SMILES string of the molecule is CN(C)c1ccc(/C=C/C(=O)c2cc3cc4nc(cc5[nH]c(cc6nc(cc2[nH]3)CC6(C)C)cc5C(=O)/C=C/c2ccc(N(C)C)cc2)CC4(C)C)cc1. The summed E-state index contributed by atoms with van der Waals surface area (Å²) in [6.07, 6.45) is 8.38. The Labute approximate surface area is 317 Å². The van der Waals surface area contributed by atoms with Gasteiger partial charge in [0.1, 0.15) is 0 Å². The molecule has 8 bridgehead atoms. The van der Waals surface area contributed by atoms with E-state index in [1.807, 2.05) is 135 Å². The van der Waals surface area contributed by atoms with Crippen molar-refractivity contribution in [2.75, 3.05) is 38.0 Å². The highest BCUT2D eigenvalue weighted by molar-refractivity contribution is 6.13. The molecule has 0 saturated heterocycles. The van der Waals surface area contributed by atoms with Gasteiger partial charge in [0, 0.05) is 108 Å². The summed E-state index contributed by atoms with van der Waals surface area (Å²) in [4.78, 5) is 48.9. The predicted octanol–water partition coefficient (Wildman–Crippen LogP) is 9.28. The van der Waals surface area contributed by atoms with E-state index in [2.05, 4.69) is 37.7 Å². The maximum absolute atomic E-state index is 13.8. The number of rotatable bonds is 8. The van der Waals surface area contributed by atoms with Crippen molar-refractivity contribution >= 4 is 57.2 Å². The standard InChI is InChI=1S/C46H48N6O2/c1-45(2)27-33-23-39-38(42(54)20-14-30-11-17-36(18-12-30)52(7)8)22-32(48-39)26-44-46(3,4)28-34(50-44)24-40-37(21-31(47-40)25-43(45)49-33)41(53)19-13-29-9-15-35(16-10-29)51(5)6/h9-26,47-48H,27-28H2,1-8H3/b19-13+,20-14+,31-25?,32-26?,33-23?,34-24?,39-23?,40-24?,43-25?,44-26?. The summed E-state index contributed by atoms with van der Waals surface area (Å²) in [5.74, 6) is -0.187. The van der Waals surface area contributed by atoms with Gasteiger partial charge in [-0.15, -0.1) is 0 Å². The average molecular weight is 717 g/mol. The van der Waals surface area contributed by atoms with Crippen LogP contribution in [0, 0.1) is 0 Å². The molecule has 274 valence electrons. The van der Waals surface area contributed by atoms with Crippen molar-refractivity contribution in [1.29, 1.82) is 0 Å². The minimum absolute atomic E-state index is 0.0935. The summed E-state index contributed by atoms with van der Waals surface area (Å²) in [5.41, 5.74) is 11.3. The van der Waals surface area contributed by atoms with Gasteiger partial charge < -0.3 is 19.8 Å². The van der Waals surface area contributed by atoms with E-state index in [4.69, 9.17) is 9.97 Å². The van der Waals surface area contributed by atoms with Crippen LogP contribution in [0.3, 0.4) is 0 Å². The molecule has 0 fully saturated rings. The second-order valence-corrected chi connectivity index (χ2v) is 16.1. The van der Waals surface area contributed by atoms with Crippen LogP contribution in [0.5, 0.6) is 0 Å². The first kappa shape index (κ1) is 36.3. The molecule has 2 aromatic carbocycles. The molecule has 0 saturated carbocycles. The number of aromatic nitrogens is 4. The minimum Gasteiger partial charge on any atom is -0.378 e. The number of aromatic amines is 2. The molecule has 0 aliphatic carbocycles. The number of hydrogen-bond acceptors (Lipinski definition) is 6. The van der Waals surface area contributed by atoms with E-state index in [9.17, 15) is 9.59 Å². The molecule has 2 N–H and O–H groups in total. The van der Waals surface area contributed by atoms with Crippen LogP contribution in [0.2, 0.25) is 0 Å². The number of allylic oxidation sites excluding steroid dienone is 2. The molecule has 0 atom stereocenters. The van der Waals surface area contributed by atoms with Crippen molar-refractivity contribution in [2.45, 2.75) is 51.4 Å². The molecule has 5 heterocycles. The first-order valence-electron chi connectivity index (χ1n) is 18.4. The summed E-state index contributed by atoms with van der Waals surface area (Å²) in [6.45, 7) is 8.67. The van der Waals surface area contributed by atoms with E-state index in [1.54, 1.807) is 12.2 Å². The quantitative estimate of drug-likeness (QED) is 0.123. The van der Waals surface area contributed by atoms with Gasteiger partial charge in [0.2, 0.25) is 0 Å². The summed E-state index contributed by atoms with van der Waals surface area (Å²) in [7, 11) is 8.02. The average Bonchev–Trinajstić information content (AvgIpc) is 3.85. The van der Waals surface area contributed by atoms with Crippen LogP contribution in [0.15, 0.2) is 97.1 Å². The lowest BCUT2D eigenvalue weighted by atomic mass is 9.87. The molecule has 2 aliphatic heterocycles. The third kappa shape index (κ3) is 7.69. The van der Waals surface area contributed by atoms with Gasteiger partial charge in [-0.25, -0.2) is 0 Å². The minimum atomic E-state index is -0.273. The Morgan fingerprint density at radius 3 is 1.30 bits per heavy atom. The van der Waals surface area contributed by atoms with Crippen molar-refractivity contribution in [3.8, 4) is 0 Å². The molecular formula is C46H48N6O2. The van der Waals surface area contributed by atoms with E-state index in [-0.39, 0.29) is 22.4 Å². The van der Waals surface area contributed by atoms with Gasteiger partial charge >= 0.3 is 0 Å². The van der Waals surface area contributed by atoms with E-state index in [0.29, 0.717) is 35.0 Å². The molecule has 0 unspecified atom stereocenters. The Kier molecular flexibility index (Phi) is 9.48. The molecule has 7 rings (SSSR count). The van der Waals surface area contributed by atoms with Crippen molar-refractivity contribution in [3.05, 3.63) is 142 Å². The zero-order chi connectivity index (χ0) is 38.4. The largest absolute Gasteiger partial charge is 0.378 e. The van der Waals surface area contributed by atoms with Crippen molar-refractivity contribution in [1.82, 2.24) is 19.9 Å². The van der Waals surface area contributed by atoms with Crippen LogP contribution >= 0.6 is 0 Å². The number of hydrogen-bond donors (Lipinski definition) is 2. The van der Waals surface area contributed by atoms with E-state index >= 15 is 0 Å². The number of nitrogens with one attached hydrogen (secondary N) is 2. The van der Waals surface area contributed by atoms with Gasteiger partial charge in [0.05, 0.1) is 11.0 Å². The third-order valence-corrected chi connectivity index (χ3v) is 10.3. The number of H-pyrrole nitrogens is 2. The van der Waals surface area contributed by atoms with Crippen LogP contribution in [-0.2, 0) is 23.7 Å². The van der Waals surface area contributed by atoms with E-state index in [1.165, 1.54) is 0 Å². The molecular weight excluding hydrogens is 669 g/mol. The maximum atomic E-state index is 13.8. The number of anilines is 2. The Morgan fingerprint density at radius 1 is 0.574 bits per heavy atom. The van der Waals surface area contributed by atoms with Gasteiger partial charge in [-0.05, 0) is 83.9 Å². The van der Waals surface area contributed by atoms with Crippen molar-refractivity contribution < 1.29 is 9.59 Å². The first-order chi connectivity index (χ1) is 25.6. The van der Waals surface area contributed by atoms with E-state index in [0.717, 1.165) is 56.3 Å². The van der Waals surface area contributed by atoms with Crippen LogP contribution in [0.4, 0.5) is 11.4 Å². The van der Waals surface area contributed by atoms with Gasteiger partial charge in [-0.3, -0.25) is 19.6 Å². The second-order valence-electron chi connectivity index (χ2n) is 16.1. The van der Waals surface area contributed by atoms with Crippen LogP contribution < -0.4 is 9.80 Å². The molecule has 3 aromatic heterocycles. The van der Waals surface area contributed by atoms with Gasteiger partial charge in [0.15, 0.2) is 11.6 Å². The first-order valence-corrected chi connectivity index (χ1v) is 18.4. The lowest BCUT2D eigenvalue weighted by Crippen LogP contribution is -2.15. The Bertz CT molecular complexity index is 2300. The Balaban J connectivity index is 1.34. The highest BCUT2D eigenvalue weighted by Crippen LogP contribution is 2.34. The second kappa shape index (κ2) is 14.1. The highest BCUT2D eigenvalue weighted by atomic mass is 16.1. The summed E-state index contributed by atoms with van der Waals surface area (Å²) < 4.78 is 0. The van der Waals surface area contributed by atoms with Gasteiger partial charge in [0.25, 0.3) is 0 Å². The van der Waals surface area contributed by atoms with Crippen LogP contribution in [-0.4, -0.2) is 59.7 Å². The fourth-order valence-electron chi connectivity index (χ4n) is 7.09. The van der Waals surface area contributed by atoms with Crippen LogP contribution in [0.25, 0.3) is 34.2 Å². The Morgan fingerprint density at radius 2 is 0.944 bits per heavy atom. The molecule has 8 heteroatoms. The molecule has 2 aliphatic rings. The number of fused-ring (bicyclic) bond motifs is 8. The zero-order valence-electron chi connectivity index (χ0n) is 32.4.